The fourth-order valence-electron chi connectivity index (χ4n) is 3.36. The smallest absolute Gasteiger partial charge is 0.412 e. The van der Waals surface area contributed by atoms with E-state index in [-0.39, 0.29) is 13.0 Å². The number of alkyl halides is 1. The van der Waals surface area contributed by atoms with Gasteiger partial charge in [0, 0.05) is 23.6 Å². The van der Waals surface area contributed by atoms with E-state index in [2.05, 4.69) is 5.32 Å². The zero-order chi connectivity index (χ0) is 17.2. The normalized spacial score (nSPS) is 29.1. The summed E-state index contributed by atoms with van der Waals surface area (Å²) in [7, 11) is 0. The fraction of sp³-hybridized carbons (Fsp3) is 0.562. The van der Waals surface area contributed by atoms with E-state index in [4.69, 9.17) is 27.9 Å². The number of anilines is 1. The van der Waals surface area contributed by atoms with E-state index in [0.29, 0.717) is 21.3 Å². The van der Waals surface area contributed by atoms with Crippen LogP contribution in [0, 0.1) is 0 Å². The largest absolute Gasteiger partial charge is 0.444 e. The number of amides is 1. The van der Waals surface area contributed by atoms with Crippen LogP contribution in [0.1, 0.15) is 39.7 Å². The maximum absolute atomic E-state index is 15.8. The van der Waals surface area contributed by atoms with E-state index in [9.17, 15) is 4.79 Å². The second-order valence-corrected chi connectivity index (χ2v) is 8.03. The van der Waals surface area contributed by atoms with Crippen molar-refractivity contribution >= 4 is 35.0 Å². The third-order valence-corrected chi connectivity index (χ3v) is 4.97. The van der Waals surface area contributed by atoms with Gasteiger partial charge in [-0.05, 0) is 39.8 Å². The van der Waals surface area contributed by atoms with Crippen molar-refractivity contribution in [2.75, 3.05) is 11.9 Å². The molecular weight excluding hydrogens is 342 g/mol. The first-order valence-corrected chi connectivity index (χ1v) is 8.21. The van der Waals surface area contributed by atoms with Crippen molar-refractivity contribution < 1.29 is 13.9 Å². The van der Waals surface area contributed by atoms with Crippen LogP contribution in [0.15, 0.2) is 12.1 Å². The highest BCUT2D eigenvalue weighted by atomic mass is 35.5. The molecule has 4 nitrogen and oxygen atoms in total. The van der Waals surface area contributed by atoms with E-state index >= 15 is 4.39 Å². The molecule has 2 aliphatic heterocycles. The molecule has 1 saturated heterocycles. The molecule has 0 aliphatic carbocycles. The molecule has 0 radical (unpaired) electrons. The van der Waals surface area contributed by atoms with E-state index < -0.39 is 23.0 Å². The lowest BCUT2D eigenvalue weighted by molar-refractivity contribution is -0.00604. The number of hydrogen-bond donors (Lipinski definition) is 1. The monoisotopic (exact) mass is 360 g/mol. The molecule has 2 aliphatic rings. The van der Waals surface area contributed by atoms with Gasteiger partial charge in [0.2, 0.25) is 0 Å². The van der Waals surface area contributed by atoms with Crippen LogP contribution in [0.5, 0.6) is 0 Å². The van der Waals surface area contributed by atoms with Gasteiger partial charge in [-0.2, -0.15) is 0 Å². The molecule has 7 heteroatoms. The van der Waals surface area contributed by atoms with Crippen LogP contribution in [-0.2, 0) is 10.4 Å². The van der Waals surface area contributed by atoms with Crippen LogP contribution in [0.25, 0.3) is 0 Å². The predicted molar refractivity (Wildman–Crippen MR) is 88.8 cm³/mol. The highest BCUT2D eigenvalue weighted by molar-refractivity contribution is 6.36. The Kier molecular flexibility index (Phi) is 3.55. The van der Waals surface area contributed by atoms with Crippen LogP contribution in [-0.4, -0.2) is 28.8 Å². The molecule has 1 aromatic carbocycles. The minimum Gasteiger partial charge on any atom is -0.444 e. The van der Waals surface area contributed by atoms with Gasteiger partial charge in [-0.15, -0.1) is 0 Å². The molecule has 0 saturated carbocycles. The number of rotatable bonds is 0. The number of benzene rings is 1. The molecule has 1 fully saturated rings. The quantitative estimate of drug-likeness (QED) is 0.712. The first kappa shape index (κ1) is 16.7. The molecule has 2 atom stereocenters. The summed E-state index contributed by atoms with van der Waals surface area (Å²) in [5, 5.41) is 3.79. The van der Waals surface area contributed by atoms with Gasteiger partial charge in [-0.25, -0.2) is 9.18 Å². The number of likely N-dealkylation sites (tertiary alicyclic amines) is 1. The van der Waals surface area contributed by atoms with Crippen LogP contribution in [0.2, 0.25) is 10.0 Å². The Labute approximate surface area is 144 Å². The Balaban J connectivity index is 2.02. The summed E-state index contributed by atoms with van der Waals surface area (Å²) in [5.41, 5.74) is -2.81. The molecule has 0 spiro atoms. The molecule has 126 valence electrons. The van der Waals surface area contributed by atoms with Crippen LogP contribution in [0.3, 0.4) is 0 Å². The Morgan fingerprint density at radius 1 is 1.39 bits per heavy atom. The zero-order valence-electron chi connectivity index (χ0n) is 13.5. The predicted octanol–water partition coefficient (Wildman–Crippen LogP) is 4.94. The van der Waals surface area contributed by atoms with Crippen molar-refractivity contribution in [2.24, 2.45) is 0 Å². The molecule has 0 unspecified atom stereocenters. The minimum atomic E-state index is -1.77. The molecule has 1 N–H and O–H groups in total. The van der Waals surface area contributed by atoms with Crippen LogP contribution < -0.4 is 5.32 Å². The molecule has 3 rings (SSSR count). The molecular formula is C16H19Cl2FN2O2. The Hall–Kier alpha value is -1.20. The zero-order valence-corrected chi connectivity index (χ0v) is 15.0. The number of halogens is 3. The average Bonchev–Trinajstić information content (AvgIpc) is 2.75. The van der Waals surface area contributed by atoms with Crippen molar-refractivity contribution in [3.8, 4) is 0 Å². The molecule has 23 heavy (non-hydrogen) atoms. The van der Waals surface area contributed by atoms with Gasteiger partial charge in [0.15, 0.2) is 11.3 Å². The van der Waals surface area contributed by atoms with Gasteiger partial charge in [-0.1, -0.05) is 23.2 Å². The first-order valence-electron chi connectivity index (χ1n) is 7.45. The average molecular weight is 361 g/mol. The standard InChI is InChI=1S/C16H19Cl2FN2O2/c1-14(2,3)23-13(22)21-6-5-16(19)10-7-9(17)8-11(18)12(10)20-15(16,21)4/h7-8,20H,5-6H2,1-4H3/t15-,16+/m0/s1. The van der Waals surface area contributed by atoms with E-state index in [1.165, 1.54) is 4.90 Å². The lowest BCUT2D eigenvalue weighted by Gasteiger charge is -2.38. The van der Waals surface area contributed by atoms with Crippen molar-refractivity contribution in [1.29, 1.82) is 0 Å². The fourth-order valence-corrected chi connectivity index (χ4v) is 3.90. The third-order valence-electron chi connectivity index (χ3n) is 4.46. The highest BCUT2D eigenvalue weighted by Gasteiger charge is 2.65. The number of ether oxygens (including phenoxy) is 1. The van der Waals surface area contributed by atoms with Gasteiger partial charge in [0.25, 0.3) is 0 Å². The molecule has 0 aromatic heterocycles. The summed E-state index contributed by atoms with van der Waals surface area (Å²) in [4.78, 5) is 13.9. The van der Waals surface area contributed by atoms with Gasteiger partial charge in [0.1, 0.15) is 5.60 Å². The van der Waals surface area contributed by atoms with E-state index in [1.54, 1.807) is 39.8 Å². The summed E-state index contributed by atoms with van der Waals surface area (Å²) in [6.07, 6.45) is -0.401. The van der Waals surface area contributed by atoms with Crippen molar-refractivity contribution in [1.82, 2.24) is 4.90 Å². The molecule has 2 heterocycles. The summed E-state index contributed by atoms with van der Waals surface area (Å²) >= 11 is 12.2. The van der Waals surface area contributed by atoms with Crippen LogP contribution in [0.4, 0.5) is 14.9 Å². The first-order chi connectivity index (χ1) is 10.5. The van der Waals surface area contributed by atoms with Crippen LogP contribution >= 0.6 is 23.2 Å². The lowest BCUT2D eigenvalue weighted by atomic mass is 9.88. The van der Waals surface area contributed by atoms with Gasteiger partial charge >= 0.3 is 6.09 Å². The van der Waals surface area contributed by atoms with Gasteiger partial charge < -0.3 is 10.1 Å². The van der Waals surface area contributed by atoms with Crippen molar-refractivity contribution in [3.63, 3.8) is 0 Å². The number of carbonyl (C=O) groups excluding carboxylic acids is 1. The number of nitrogens with zero attached hydrogens (tertiary/aromatic N) is 1. The maximum atomic E-state index is 15.8. The maximum Gasteiger partial charge on any atom is 0.412 e. The SMILES string of the molecule is CC(C)(C)OC(=O)N1CC[C@@]2(F)c3cc(Cl)cc(Cl)c3N[C@@]12C. The summed E-state index contributed by atoms with van der Waals surface area (Å²) in [6.45, 7) is 7.23. The van der Waals surface area contributed by atoms with Crippen molar-refractivity contribution in [3.05, 3.63) is 27.7 Å². The van der Waals surface area contributed by atoms with Gasteiger partial charge in [0.05, 0.1) is 10.7 Å². The molecule has 1 aromatic rings. The highest BCUT2D eigenvalue weighted by Crippen LogP contribution is 2.58. The number of hydrogen-bond acceptors (Lipinski definition) is 3. The second-order valence-electron chi connectivity index (χ2n) is 7.19. The Morgan fingerprint density at radius 3 is 2.65 bits per heavy atom. The summed E-state index contributed by atoms with van der Waals surface area (Å²) in [6, 6.07) is 3.13. The number of carbonyl (C=O) groups is 1. The molecule has 0 bridgehead atoms. The third kappa shape index (κ3) is 2.36. The van der Waals surface area contributed by atoms with E-state index in [1.807, 2.05) is 0 Å². The summed E-state index contributed by atoms with van der Waals surface area (Å²) < 4.78 is 21.3. The van der Waals surface area contributed by atoms with E-state index in [0.717, 1.165) is 0 Å². The van der Waals surface area contributed by atoms with Crippen molar-refractivity contribution in [2.45, 2.75) is 51.0 Å². The molecule has 1 amide bonds. The Bertz CT molecular complexity index is 691. The number of nitrogens with one attached hydrogen (secondary N) is 1. The lowest BCUT2D eigenvalue weighted by Crippen LogP contribution is -2.56. The summed E-state index contributed by atoms with van der Waals surface area (Å²) in [5.74, 6) is 0. The number of fused-ring (bicyclic) bond motifs is 3. The minimum absolute atomic E-state index is 0.152. The van der Waals surface area contributed by atoms with Gasteiger partial charge in [-0.3, -0.25) is 4.90 Å². The Morgan fingerprint density at radius 2 is 2.04 bits per heavy atom. The second kappa shape index (κ2) is 4.90. The topological polar surface area (TPSA) is 41.6 Å².